The molecule has 5 heteroatoms. The van der Waals surface area contributed by atoms with Crippen molar-refractivity contribution >= 4 is 17.6 Å². The first-order chi connectivity index (χ1) is 10.7. The Bertz CT molecular complexity index is 527. The van der Waals surface area contributed by atoms with Gasteiger partial charge in [0.25, 0.3) is 0 Å². The van der Waals surface area contributed by atoms with E-state index in [-0.39, 0.29) is 11.9 Å². The molecule has 0 fully saturated rings. The zero-order valence-electron chi connectivity index (χ0n) is 13.0. The van der Waals surface area contributed by atoms with Crippen LogP contribution in [-0.4, -0.2) is 25.1 Å². The first kappa shape index (κ1) is 16.3. The standard InChI is InChI=1S/C17H23NO4/c1-2-21-17(20)6-4-3-5-11-22-14-8-9-15-13(12-14)7-10-16(19)18-15/h8-9,12H,2-7,10-11H2,1H3,(H,18,19). The van der Waals surface area contributed by atoms with Gasteiger partial charge in [0.2, 0.25) is 5.91 Å². The fraction of sp³-hybridized carbons (Fsp3) is 0.529. The third-order valence-corrected chi connectivity index (χ3v) is 3.57. The molecule has 0 aromatic heterocycles. The minimum atomic E-state index is -0.125. The lowest BCUT2D eigenvalue weighted by Gasteiger charge is -2.17. The number of amides is 1. The number of carbonyl (C=O) groups is 2. The normalized spacial score (nSPS) is 13.2. The van der Waals surface area contributed by atoms with E-state index in [0.29, 0.717) is 26.1 Å². The number of nitrogens with one attached hydrogen (secondary N) is 1. The Morgan fingerprint density at radius 1 is 1.23 bits per heavy atom. The van der Waals surface area contributed by atoms with Crippen LogP contribution in [0.3, 0.4) is 0 Å². The lowest BCUT2D eigenvalue weighted by Crippen LogP contribution is -2.18. The average Bonchev–Trinajstić information content (AvgIpc) is 2.51. The van der Waals surface area contributed by atoms with Gasteiger partial charge in [0, 0.05) is 18.5 Å². The maximum absolute atomic E-state index is 11.3. The Morgan fingerprint density at radius 3 is 2.91 bits per heavy atom. The van der Waals surface area contributed by atoms with E-state index in [0.717, 1.165) is 42.7 Å². The SMILES string of the molecule is CCOC(=O)CCCCCOc1ccc2c(c1)CCC(=O)N2. The molecule has 5 nitrogen and oxygen atoms in total. The first-order valence-corrected chi connectivity index (χ1v) is 7.90. The molecular formula is C17H23NO4. The van der Waals surface area contributed by atoms with E-state index in [4.69, 9.17) is 9.47 Å². The molecule has 2 rings (SSSR count). The molecule has 1 aliphatic rings. The van der Waals surface area contributed by atoms with Crippen molar-refractivity contribution in [2.24, 2.45) is 0 Å². The van der Waals surface area contributed by atoms with E-state index < -0.39 is 0 Å². The van der Waals surface area contributed by atoms with Gasteiger partial charge in [-0.2, -0.15) is 0 Å². The predicted molar refractivity (Wildman–Crippen MR) is 84.0 cm³/mol. The zero-order valence-corrected chi connectivity index (χ0v) is 13.0. The molecule has 120 valence electrons. The fourth-order valence-electron chi connectivity index (χ4n) is 2.42. The van der Waals surface area contributed by atoms with Crippen molar-refractivity contribution in [3.8, 4) is 5.75 Å². The van der Waals surface area contributed by atoms with Gasteiger partial charge in [0.05, 0.1) is 13.2 Å². The maximum Gasteiger partial charge on any atom is 0.305 e. The number of unbranched alkanes of at least 4 members (excludes halogenated alkanes) is 2. The molecule has 0 unspecified atom stereocenters. The molecule has 1 amide bonds. The van der Waals surface area contributed by atoms with Gasteiger partial charge in [0.1, 0.15) is 5.75 Å². The van der Waals surface area contributed by atoms with Crippen LogP contribution in [0.2, 0.25) is 0 Å². The van der Waals surface area contributed by atoms with Crippen molar-refractivity contribution in [2.75, 3.05) is 18.5 Å². The van der Waals surface area contributed by atoms with E-state index in [1.807, 2.05) is 25.1 Å². The van der Waals surface area contributed by atoms with Gasteiger partial charge in [-0.1, -0.05) is 0 Å². The van der Waals surface area contributed by atoms with Crippen molar-refractivity contribution in [2.45, 2.75) is 45.4 Å². The number of hydrogen-bond donors (Lipinski definition) is 1. The molecule has 0 radical (unpaired) electrons. The van der Waals surface area contributed by atoms with Gasteiger partial charge in [0.15, 0.2) is 0 Å². The number of carbonyl (C=O) groups excluding carboxylic acids is 2. The second kappa shape index (κ2) is 8.41. The summed E-state index contributed by atoms with van der Waals surface area (Å²) >= 11 is 0. The highest BCUT2D eigenvalue weighted by molar-refractivity contribution is 5.93. The molecule has 0 atom stereocenters. The number of anilines is 1. The number of benzene rings is 1. The first-order valence-electron chi connectivity index (χ1n) is 7.90. The molecule has 1 aromatic carbocycles. The van der Waals surface area contributed by atoms with E-state index >= 15 is 0 Å². The molecule has 0 bridgehead atoms. The highest BCUT2D eigenvalue weighted by Crippen LogP contribution is 2.26. The minimum Gasteiger partial charge on any atom is -0.494 e. The second-order valence-electron chi connectivity index (χ2n) is 5.33. The Labute approximate surface area is 131 Å². The van der Waals surface area contributed by atoms with Crippen LogP contribution in [0.4, 0.5) is 5.69 Å². The van der Waals surface area contributed by atoms with Gasteiger partial charge in [-0.15, -0.1) is 0 Å². The summed E-state index contributed by atoms with van der Waals surface area (Å²) in [7, 11) is 0. The lowest BCUT2D eigenvalue weighted by atomic mass is 10.0. The Balaban J connectivity index is 1.65. The molecule has 22 heavy (non-hydrogen) atoms. The third-order valence-electron chi connectivity index (χ3n) is 3.57. The largest absolute Gasteiger partial charge is 0.494 e. The predicted octanol–water partition coefficient (Wildman–Crippen LogP) is 3.07. The van der Waals surface area contributed by atoms with E-state index in [1.165, 1.54) is 0 Å². The van der Waals surface area contributed by atoms with Crippen molar-refractivity contribution in [3.05, 3.63) is 23.8 Å². The topological polar surface area (TPSA) is 64.6 Å². The van der Waals surface area contributed by atoms with Crippen LogP contribution in [0, 0.1) is 0 Å². The summed E-state index contributed by atoms with van der Waals surface area (Å²) in [6.45, 7) is 2.89. The van der Waals surface area contributed by atoms with Crippen LogP contribution < -0.4 is 10.1 Å². The number of fused-ring (bicyclic) bond motifs is 1. The Morgan fingerprint density at radius 2 is 2.09 bits per heavy atom. The van der Waals surface area contributed by atoms with Crippen molar-refractivity contribution in [1.82, 2.24) is 0 Å². The summed E-state index contributed by atoms with van der Waals surface area (Å²) in [5.74, 6) is 0.781. The quantitative estimate of drug-likeness (QED) is 0.592. The number of rotatable bonds is 8. The summed E-state index contributed by atoms with van der Waals surface area (Å²) < 4.78 is 10.6. The summed E-state index contributed by atoms with van der Waals surface area (Å²) in [6.07, 6.45) is 4.46. The highest BCUT2D eigenvalue weighted by atomic mass is 16.5. The van der Waals surface area contributed by atoms with Crippen molar-refractivity contribution < 1.29 is 19.1 Å². The molecule has 0 aliphatic carbocycles. The molecule has 1 heterocycles. The highest BCUT2D eigenvalue weighted by Gasteiger charge is 2.14. The summed E-state index contributed by atoms with van der Waals surface area (Å²) in [5.41, 5.74) is 2.01. The Hall–Kier alpha value is -2.04. The van der Waals surface area contributed by atoms with Crippen LogP contribution in [-0.2, 0) is 20.7 Å². The third kappa shape index (κ3) is 5.06. The van der Waals surface area contributed by atoms with Gasteiger partial charge in [-0.25, -0.2) is 0 Å². The van der Waals surface area contributed by atoms with E-state index in [1.54, 1.807) is 0 Å². The van der Waals surface area contributed by atoms with Crippen LogP contribution in [0.5, 0.6) is 5.75 Å². The maximum atomic E-state index is 11.3. The molecule has 1 aliphatic heterocycles. The lowest BCUT2D eigenvalue weighted by molar-refractivity contribution is -0.143. The average molecular weight is 305 g/mol. The van der Waals surface area contributed by atoms with Gasteiger partial charge >= 0.3 is 5.97 Å². The van der Waals surface area contributed by atoms with Crippen molar-refractivity contribution in [1.29, 1.82) is 0 Å². The molecule has 0 saturated heterocycles. The van der Waals surface area contributed by atoms with Crippen LogP contribution in [0.25, 0.3) is 0 Å². The molecular weight excluding hydrogens is 282 g/mol. The van der Waals surface area contributed by atoms with Gasteiger partial charge in [-0.05, 0) is 56.4 Å². The minimum absolute atomic E-state index is 0.0720. The van der Waals surface area contributed by atoms with Crippen LogP contribution >= 0.6 is 0 Å². The molecule has 0 saturated carbocycles. The molecule has 1 aromatic rings. The van der Waals surface area contributed by atoms with Crippen LogP contribution in [0.1, 0.15) is 44.6 Å². The summed E-state index contributed by atoms with van der Waals surface area (Å²) in [4.78, 5) is 22.5. The van der Waals surface area contributed by atoms with E-state index in [9.17, 15) is 9.59 Å². The zero-order chi connectivity index (χ0) is 15.8. The second-order valence-corrected chi connectivity index (χ2v) is 5.33. The monoisotopic (exact) mass is 305 g/mol. The van der Waals surface area contributed by atoms with Gasteiger partial charge < -0.3 is 14.8 Å². The van der Waals surface area contributed by atoms with Gasteiger partial charge in [-0.3, -0.25) is 9.59 Å². The molecule has 0 spiro atoms. The summed E-state index contributed by atoms with van der Waals surface area (Å²) in [5, 5.41) is 2.85. The number of esters is 1. The van der Waals surface area contributed by atoms with E-state index in [2.05, 4.69) is 5.32 Å². The van der Waals surface area contributed by atoms with Crippen molar-refractivity contribution in [3.63, 3.8) is 0 Å². The van der Waals surface area contributed by atoms with Crippen LogP contribution in [0.15, 0.2) is 18.2 Å². The number of aryl methyl sites for hydroxylation is 1. The number of ether oxygens (including phenoxy) is 2. The smallest absolute Gasteiger partial charge is 0.305 e. The summed E-state index contributed by atoms with van der Waals surface area (Å²) in [6, 6.07) is 5.76. The Kier molecular flexibility index (Phi) is 6.25. The molecule has 1 N–H and O–H groups in total. The fourth-order valence-corrected chi connectivity index (χ4v) is 2.42. The number of hydrogen-bond acceptors (Lipinski definition) is 4.